The number of nitrogens with two attached hydrogens (primary N) is 2. The molecule has 0 fully saturated rings. The second kappa shape index (κ2) is 13.3. The highest BCUT2D eigenvalue weighted by Gasteiger charge is 2.24. The van der Waals surface area contributed by atoms with Crippen molar-refractivity contribution in [3.05, 3.63) is 0 Å². The molecule has 0 radical (unpaired) electrons. The first-order valence-electron chi connectivity index (χ1n) is 8.04. The fourth-order valence-corrected chi connectivity index (χ4v) is 2.10. The number of carboxylic acids is 1. The molecule has 26 heavy (non-hydrogen) atoms. The van der Waals surface area contributed by atoms with Gasteiger partial charge >= 0.3 is 5.97 Å². The Balaban J connectivity index is 4.46. The van der Waals surface area contributed by atoms with Gasteiger partial charge < -0.3 is 37.6 Å². The van der Waals surface area contributed by atoms with Crippen molar-refractivity contribution in [3.8, 4) is 0 Å². The minimum atomic E-state index is -1.18. The number of thiol groups is 1. The first kappa shape index (κ1) is 24.1. The maximum atomic E-state index is 12.0. The third-order valence-electron chi connectivity index (χ3n) is 3.35. The van der Waals surface area contributed by atoms with Crippen LogP contribution in [0.4, 0.5) is 0 Å². The number of aliphatic hydroxyl groups excluding tert-OH is 1. The Morgan fingerprint density at radius 1 is 1.04 bits per heavy atom. The highest BCUT2D eigenvalue weighted by molar-refractivity contribution is 7.80. The van der Waals surface area contributed by atoms with Crippen molar-refractivity contribution in [1.29, 1.82) is 0 Å². The molecule has 0 aliphatic heterocycles. The second-order valence-electron chi connectivity index (χ2n) is 5.49. The molecule has 11 nitrogen and oxygen atoms in total. The van der Waals surface area contributed by atoms with Gasteiger partial charge in [-0.3, -0.25) is 14.4 Å². The fourth-order valence-electron chi connectivity index (χ4n) is 1.84. The molecule has 0 aromatic carbocycles. The van der Waals surface area contributed by atoms with Crippen molar-refractivity contribution >= 4 is 36.3 Å². The Morgan fingerprint density at radius 2 is 1.69 bits per heavy atom. The third kappa shape index (κ3) is 9.56. The average molecular weight is 393 g/mol. The molecule has 3 amide bonds. The smallest absolute Gasteiger partial charge is 0.326 e. The molecule has 0 saturated carbocycles. The van der Waals surface area contributed by atoms with Gasteiger partial charge in [-0.15, -0.1) is 0 Å². The van der Waals surface area contributed by atoms with E-state index in [0.29, 0.717) is 19.4 Å². The number of hydrogen-bond acceptors (Lipinski definition) is 8. The minimum Gasteiger partial charge on any atom is -0.480 e. The van der Waals surface area contributed by atoms with E-state index in [1.165, 1.54) is 0 Å². The summed E-state index contributed by atoms with van der Waals surface area (Å²) in [6.45, 7) is -0.630. The zero-order valence-electron chi connectivity index (χ0n) is 14.3. The number of carbonyl (C=O) groups is 4. The monoisotopic (exact) mass is 393 g/mol. The molecule has 0 aliphatic rings. The van der Waals surface area contributed by atoms with E-state index in [1.54, 1.807) is 0 Å². The summed E-state index contributed by atoms with van der Waals surface area (Å²) >= 11 is 3.93. The largest absolute Gasteiger partial charge is 0.480 e. The molecular weight excluding hydrogens is 366 g/mol. The number of rotatable bonds is 13. The topological polar surface area (TPSA) is 197 Å². The molecular formula is C14H27N5O6S. The summed E-state index contributed by atoms with van der Waals surface area (Å²) in [6, 6.07) is -3.32. The standard InChI is InChI=1S/C14H27N5O6S/c15-4-2-1-3-9(14(24)25)18-11(21)5-17-13(23)10(7-26)19-12(22)8(16)6-20/h8-10,20,26H,1-7,15-16H2,(H,17,23)(H,18,21)(H,19,22)(H,24,25)/t8-,9-,10-/m0/s1. The maximum Gasteiger partial charge on any atom is 0.326 e. The Kier molecular flexibility index (Phi) is 12.4. The van der Waals surface area contributed by atoms with Gasteiger partial charge in [0.1, 0.15) is 18.1 Å². The predicted octanol–water partition coefficient (Wildman–Crippen LogP) is -3.46. The molecule has 150 valence electrons. The van der Waals surface area contributed by atoms with E-state index in [1.807, 2.05) is 0 Å². The predicted molar refractivity (Wildman–Crippen MR) is 96.3 cm³/mol. The molecule has 0 rings (SSSR count). The molecule has 0 heterocycles. The number of aliphatic carboxylic acids is 1. The zero-order valence-corrected chi connectivity index (χ0v) is 15.2. The van der Waals surface area contributed by atoms with Crippen LogP contribution >= 0.6 is 12.6 Å². The van der Waals surface area contributed by atoms with Crippen LogP contribution in [0.5, 0.6) is 0 Å². The van der Waals surface area contributed by atoms with Crippen molar-refractivity contribution in [1.82, 2.24) is 16.0 Å². The quantitative estimate of drug-likeness (QED) is 0.117. The number of carbonyl (C=O) groups excluding carboxylic acids is 3. The number of aliphatic hydroxyl groups is 1. The van der Waals surface area contributed by atoms with Crippen molar-refractivity contribution in [2.45, 2.75) is 37.4 Å². The summed E-state index contributed by atoms with van der Waals surface area (Å²) in [4.78, 5) is 46.5. The lowest BCUT2D eigenvalue weighted by Gasteiger charge is -2.19. The summed E-state index contributed by atoms with van der Waals surface area (Å²) in [5.41, 5.74) is 10.7. The van der Waals surface area contributed by atoms with E-state index in [4.69, 9.17) is 21.7 Å². The first-order chi connectivity index (χ1) is 12.3. The van der Waals surface area contributed by atoms with E-state index in [9.17, 15) is 19.2 Å². The second-order valence-corrected chi connectivity index (χ2v) is 5.86. The van der Waals surface area contributed by atoms with Gasteiger partial charge in [-0.1, -0.05) is 0 Å². The van der Waals surface area contributed by atoms with Crippen LogP contribution in [0, 0.1) is 0 Å². The number of nitrogens with one attached hydrogen (secondary N) is 3. The molecule has 0 aromatic rings. The van der Waals surface area contributed by atoms with Gasteiger partial charge in [-0.25, -0.2) is 4.79 Å². The van der Waals surface area contributed by atoms with E-state index < -0.39 is 55.0 Å². The van der Waals surface area contributed by atoms with Gasteiger partial charge in [0.05, 0.1) is 13.2 Å². The molecule has 0 aliphatic carbocycles. The summed E-state index contributed by atoms with van der Waals surface area (Å²) in [5, 5.41) is 24.7. The normalized spacial score (nSPS) is 14.0. The van der Waals surface area contributed by atoms with Crippen LogP contribution in [-0.2, 0) is 19.2 Å². The van der Waals surface area contributed by atoms with Crippen molar-refractivity contribution in [3.63, 3.8) is 0 Å². The van der Waals surface area contributed by atoms with Crippen molar-refractivity contribution in [2.24, 2.45) is 11.5 Å². The van der Waals surface area contributed by atoms with Gasteiger partial charge in [-0.05, 0) is 25.8 Å². The van der Waals surface area contributed by atoms with Crippen LogP contribution in [0.1, 0.15) is 19.3 Å². The number of carboxylic acid groups (broad SMARTS) is 1. The van der Waals surface area contributed by atoms with Gasteiger partial charge in [0, 0.05) is 5.75 Å². The molecule has 0 saturated heterocycles. The highest BCUT2D eigenvalue weighted by Crippen LogP contribution is 2.00. The van der Waals surface area contributed by atoms with Crippen LogP contribution in [0.3, 0.4) is 0 Å². The molecule has 0 bridgehead atoms. The zero-order chi connectivity index (χ0) is 20.1. The Labute approximate surface area is 156 Å². The molecule has 9 N–H and O–H groups in total. The van der Waals surface area contributed by atoms with Gasteiger partial charge in [0.2, 0.25) is 17.7 Å². The maximum absolute atomic E-state index is 12.0. The van der Waals surface area contributed by atoms with Crippen molar-refractivity contribution in [2.75, 3.05) is 25.4 Å². The highest BCUT2D eigenvalue weighted by atomic mass is 32.1. The minimum absolute atomic E-state index is 0.0613. The SMILES string of the molecule is NCCCC[C@H](NC(=O)CNC(=O)[C@H](CS)NC(=O)[C@@H](N)CO)C(=O)O. The van der Waals surface area contributed by atoms with E-state index >= 15 is 0 Å². The summed E-state index contributed by atoms with van der Waals surface area (Å²) in [5.74, 6) is -3.36. The Morgan fingerprint density at radius 3 is 2.19 bits per heavy atom. The van der Waals surface area contributed by atoms with Crippen LogP contribution < -0.4 is 27.4 Å². The van der Waals surface area contributed by atoms with Crippen molar-refractivity contribution < 1.29 is 29.4 Å². The van der Waals surface area contributed by atoms with Gasteiger partial charge in [-0.2, -0.15) is 12.6 Å². The lowest BCUT2D eigenvalue weighted by Crippen LogP contribution is -2.54. The number of hydrogen-bond donors (Lipinski definition) is 8. The van der Waals surface area contributed by atoms with Crippen LogP contribution in [0.2, 0.25) is 0 Å². The van der Waals surface area contributed by atoms with Crippen LogP contribution in [0.15, 0.2) is 0 Å². The third-order valence-corrected chi connectivity index (χ3v) is 3.72. The molecule has 0 unspecified atom stereocenters. The number of amides is 3. The lowest BCUT2D eigenvalue weighted by atomic mass is 10.1. The molecule has 0 spiro atoms. The van der Waals surface area contributed by atoms with E-state index in [0.717, 1.165) is 0 Å². The molecule has 3 atom stereocenters. The van der Waals surface area contributed by atoms with Gasteiger partial charge in [0.25, 0.3) is 0 Å². The first-order valence-corrected chi connectivity index (χ1v) is 8.67. The Bertz CT molecular complexity index is 492. The van der Waals surface area contributed by atoms with Gasteiger partial charge in [0.15, 0.2) is 0 Å². The van der Waals surface area contributed by atoms with Crippen LogP contribution in [0.25, 0.3) is 0 Å². The van der Waals surface area contributed by atoms with E-state index in [2.05, 4.69) is 28.6 Å². The average Bonchev–Trinajstić information content (AvgIpc) is 2.62. The summed E-state index contributed by atoms with van der Waals surface area (Å²) < 4.78 is 0. The van der Waals surface area contributed by atoms with E-state index in [-0.39, 0.29) is 12.2 Å². The molecule has 12 heteroatoms. The summed E-state index contributed by atoms with van der Waals surface area (Å²) in [6.07, 6.45) is 1.40. The number of unbranched alkanes of at least 4 members (excludes halogenated alkanes) is 1. The lowest BCUT2D eigenvalue weighted by molar-refractivity contribution is -0.142. The van der Waals surface area contributed by atoms with Crippen LogP contribution in [-0.4, -0.2) is 77.5 Å². The fraction of sp³-hybridized carbons (Fsp3) is 0.714. The molecule has 0 aromatic heterocycles. The Hall–Kier alpha value is -1.89. The summed E-state index contributed by atoms with van der Waals surface area (Å²) in [7, 11) is 0.